The second kappa shape index (κ2) is 9.46. The molecule has 9 nitrogen and oxygen atoms in total. The van der Waals surface area contributed by atoms with Crippen molar-refractivity contribution in [1.82, 2.24) is 9.78 Å². The standard InChI is InChI=1S/C27H24N4O5/c1-33-23-10-16(11-24(34-2)25(23)35-3)15-31-21-13-19(9-8-18(21)14-29-31)30-27(32)20-12-17-6-4-5-7-22(17)36-26(20)28/h4-14,28H,15H2,1-3H3,(H,30,32). The number of nitrogens with one attached hydrogen (secondary N) is 2. The van der Waals surface area contributed by atoms with E-state index >= 15 is 0 Å². The molecule has 2 heterocycles. The Balaban J connectivity index is 1.44. The molecule has 182 valence electrons. The van der Waals surface area contributed by atoms with Crippen LogP contribution in [0.3, 0.4) is 0 Å². The van der Waals surface area contributed by atoms with E-state index in [1.165, 1.54) is 0 Å². The number of aromatic nitrogens is 2. The number of carbonyl (C=O) groups excluding carboxylic acids is 1. The fraction of sp³-hybridized carbons (Fsp3) is 0.148. The maximum absolute atomic E-state index is 13.0. The smallest absolute Gasteiger partial charge is 0.261 e. The molecule has 9 heteroatoms. The summed E-state index contributed by atoms with van der Waals surface area (Å²) in [5, 5.41) is 17.2. The largest absolute Gasteiger partial charge is 0.493 e. The molecule has 3 aromatic carbocycles. The van der Waals surface area contributed by atoms with Crippen molar-refractivity contribution < 1.29 is 23.4 Å². The zero-order valence-corrected chi connectivity index (χ0v) is 20.0. The summed E-state index contributed by atoms with van der Waals surface area (Å²) < 4.78 is 23.7. The fourth-order valence-electron chi connectivity index (χ4n) is 4.12. The second-order valence-electron chi connectivity index (χ2n) is 8.09. The van der Waals surface area contributed by atoms with E-state index in [0.29, 0.717) is 35.1 Å². The molecular weight excluding hydrogens is 460 g/mol. The first-order valence-corrected chi connectivity index (χ1v) is 11.1. The Morgan fingerprint density at radius 2 is 1.72 bits per heavy atom. The summed E-state index contributed by atoms with van der Waals surface area (Å²) >= 11 is 0. The summed E-state index contributed by atoms with van der Waals surface area (Å²) in [7, 11) is 4.71. The van der Waals surface area contributed by atoms with E-state index in [2.05, 4.69) is 10.4 Å². The number of amides is 1. The minimum Gasteiger partial charge on any atom is -0.493 e. The summed E-state index contributed by atoms with van der Waals surface area (Å²) in [6, 6.07) is 18.2. The Morgan fingerprint density at radius 1 is 0.972 bits per heavy atom. The number of ether oxygens (including phenoxy) is 3. The molecule has 0 bridgehead atoms. The van der Waals surface area contributed by atoms with Gasteiger partial charge in [0.2, 0.25) is 11.3 Å². The molecule has 0 radical (unpaired) electrons. The van der Waals surface area contributed by atoms with Crippen LogP contribution in [-0.2, 0) is 6.54 Å². The van der Waals surface area contributed by atoms with Crippen molar-refractivity contribution in [2.24, 2.45) is 0 Å². The number of nitrogens with zero attached hydrogens (tertiary/aromatic N) is 2. The van der Waals surface area contributed by atoms with E-state index in [1.54, 1.807) is 45.7 Å². The number of rotatable bonds is 7. The first-order chi connectivity index (χ1) is 17.5. The molecule has 2 N–H and O–H groups in total. The van der Waals surface area contributed by atoms with Gasteiger partial charge in [0.1, 0.15) is 11.1 Å². The molecule has 0 saturated heterocycles. The zero-order chi connectivity index (χ0) is 25.2. The SMILES string of the molecule is COc1cc(Cn2ncc3ccc(NC(=O)c4cc5ccccc5oc4=N)cc32)cc(OC)c1OC. The van der Waals surface area contributed by atoms with Crippen LogP contribution in [0.1, 0.15) is 15.9 Å². The van der Waals surface area contributed by atoms with Gasteiger partial charge in [0.15, 0.2) is 11.5 Å². The highest BCUT2D eigenvalue weighted by molar-refractivity contribution is 6.06. The van der Waals surface area contributed by atoms with E-state index in [4.69, 9.17) is 24.0 Å². The molecule has 0 saturated carbocycles. The van der Waals surface area contributed by atoms with Crippen molar-refractivity contribution >= 4 is 33.5 Å². The maximum Gasteiger partial charge on any atom is 0.261 e. The third-order valence-corrected chi connectivity index (χ3v) is 5.88. The third kappa shape index (κ3) is 4.22. The van der Waals surface area contributed by atoms with Gasteiger partial charge in [0.25, 0.3) is 5.91 Å². The zero-order valence-electron chi connectivity index (χ0n) is 20.0. The van der Waals surface area contributed by atoms with Crippen molar-refractivity contribution in [3.8, 4) is 17.2 Å². The Labute approximate surface area is 206 Å². The van der Waals surface area contributed by atoms with Crippen molar-refractivity contribution in [3.63, 3.8) is 0 Å². The summed E-state index contributed by atoms with van der Waals surface area (Å²) in [5.74, 6) is 1.21. The molecule has 0 aliphatic heterocycles. The highest BCUT2D eigenvalue weighted by atomic mass is 16.5. The predicted molar refractivity (Wildman–Crippen MR) is 135 cm³/mol. The Morgan fingerprint density at radius 3 is 2.44 bits per heavy atom. The quantitative estimate of drug-likeness (QED) is 0.350. The first kappa shape index (κ1) is 23.0. The maximum atomic E-state index is 13.0. The van der Waals surface area contributed by atoms with Crippen molar-refractivity contribution in [2.45, 2.75) is 6.54 Å². The molecule has 0 aliphatic rings. The highest BCUT2D eigenvalue weighted by Gasteiger charge is 2.16. The molecule has 36 heavy (non-hydrogen) atoms. The van der Waals surface area contributed by atoms with Crippen LogP contribution in [0.2, 0.25) is 0 Å². The van der Waals surface area contributed by atoms with E-state index < -0.39 is 5.91 Å². The van der Waals surface area contributed by atoms with Crippen LogP contribution >= 0.6 is 0 Å². The topological polar surface area (TPSA) is 112 Å². The molecule has 0 unspecified atom stereocenters. The number of para-hydroxylation sites is 1. The lowest BCUT2D eigenvalue weighted by Crippen LogP contribution is -2.20. The fourth-order valence-corrected chi connectivity index (χ4v) is 4.12. The van der Waals surface area contributed by atoms with Crippen LogP contribution in [0.15, 0.2) is 71.3 Å². The lowest BCUT2D eigenvalue weighted by atomic mass is 10.1. The number of anilines is 1. The molecule has 5 aromatic rings. The molecule has 1 amide bonds. The van der Waals surface area contributed by atoms with Crippen LogP contribution in [0.5, 0.6) is 17.2 Å². The predicted octanol–water partition coefficient (Wildman–Crippen LogP) is 4.59. The summed E-state index contributed by atoms with van der Waals surface area (Å²) in [5.41, 5.74) is 2.82. The van der Waals surface area contributed by atoms with Gasteiger partial charge in [-0.2, -0.15) is 5.10 Å². The number of fused-ring (bicyclic) bond motifs is 2. The molecule has 0 fully saturated rings. The average molecular weight is 485 g/mol. The molecule has 5 rings (SSSR count). The molecule has 0 spiro atoms. The number of hydrogen-bond acceptors (Lipinski definition) is 7. The van der Waals surface area contributed by atoms with Gasteiger partial charge >= 0.3 is 0 Å². The summed E-state index contributed by atoms with van der Waals surface area (Å²) in [6.07, 6.45) is 1.77. The van der Waals surface area contributed by atoms with Gasteiger partial charge in [-0.1, -0.05) is 18.2 Å². The van der Waals surface area contributed by atoms with Gasteiger partial charge in [-0.05, 0) is 48.0 Å². The van der Waals surface area contributed by atoms with Crippen molar-refractivity contribution in [1.29, 1.82) is 5.41 Å². The summed E-state index contributed by atoms with van der Waals surface area (Å²) in [4.78, 5) is 13.0. The van der Waals surface area contributed by atoms with Gasteiger partial charge in [-0.15, -0.1) is 0 Å². The van der Waals surface area contributed by atoms with Crippen LogP contribution in [-0.4, -0.2) is 37.0 Å². The molecular formula is C27H24N4O5. The Bertz CT molecular complexity index is 1630. The van der Waals surface area contributed by atoms with E-state index in [-0.39, 0.29) is 11.1 Å². The van der Waals surface area contributed by atoms with Crippen molar-refractivity contribution in [3.05, 3.63) is 83.5 Å². The normalized spacial score (nSPS) is 11.0. The van der Waals surface area contributed by atoms with E-state index in [1.807, 2.05) is 47.1 Å². The minimum atomic E-state index is -0.426. The van der Waals surface area contributed by atoms with Crippen LogP contribution in [0.4, 0.5) is 5.69 Å². The summed E-state index contributed by atoms with van der Waals surface area (Å²) in [6.45, 7) is 0.442. The minimum absolute atomic E-state index is 0.153. The second-order valence-corrected chi connectivity index (χ2v) is 8.09. The van der Waals surface area contributed by atoms with Crippen LogP contribution < -0.4 is 25.1 Å². The number of carbonyl (C=O) groups is 1. The van der Waals surface area contributed by atoms with Crippen LogP contribution in [0, 0.1) is 5.41 Å². The lowest BCUT2D eigenvalue weighted by Gasteiger charge is -2.14. The number of benzene rings is 3. The number of hydrogen-bond donors (Lipinski definition) is 2. The Kier molecular flexibility index (Phi) is 6.03. The monoisotopic (exact) mass is 484 g/mol. The molecule has 0 atom stereocenters. The molecule has 0 aliphatic carbocycles. The van der Waals surface area contributed by atoms with Gasteiger partial charge in [-0.25, -0.2) is 0 Å². The van der Waals surface area contributed by atoms with Crippen molar-refractivity contribution in [2.75, 3.05) is 26.6 Å². The van der Waals surface area contributed by atoms with E-state index in [0.717, 1.165) is 21.9 Å². The van der Waals surface area contributed by atoms with Gasteiger partial charge < -0.3 is 23.9 Å². The average Bonchev–Trinajstić information content (AvgIpc) is 3.29. The van der Waals surface area contributed by atoms with E-state index in [9.17, 15) is 4.79 Å². The lowest BCUT2D eigenvalue weighted by molar-refractivity contribution is 0.102. The van der Waals surface area contributed by atoms with Gasteiger partial charge in [0.05, 0.1) is 39.6 Å². The third-order valence-electron chi connectivity index (χ3n) is 5.88. The molecule has 2 aromatic heterocycles. The van der Waals surface area contributed by atoms with Gasteiger partial charge in [-0.3, -0.25) is 14.9 Å². The number of methoxy groups -OCH3 is 3. The first-order valence-electron chi connectivity index (χ1n) is 11.1. The van der Waals surface area contributed by atoms with Gasteiger partial charge in [0, 0.05) is 16.5 Å². The highest BCUT2D eigenvalue weighted by Crippen LogP contribution is 2.38. The Hall–Kier alpha value is -4.79. The van der Waals surface area contributed by atoms with Crippen LogP contribution in [0.25, 0.3) is 21.9 Å².